The van der Waals surface area contributed by atoms with Gasteiger partial charge in [0.1, 0.15) is 5.75 Å². The summed E-state index contributed by atoms with van der Waals surface area (Å²) in [7, 11) is 0. The molecule has 1 aromatic rings. The molecular weight excluding hydrogens is 266 g/mol. The molecule has 0 bridgehead atoms. The Hall–Kier alpha value is -1.55. The quantitative estimate of drug-likeness (QED) is 0.898. The minimum atomic E-state index is -0.710. The number of fused-ring (bicyclic) bond motifs is 1. The van der Waals surface area contributed by atoms with E-state index in [2.05, 4.69) is 5.32 Å². The molecule has 2 N–H and O–H groups in total. The monoisotopic (exact) mass is 289 g/mol. The lowest BCUT2D eigenvalue weighted by atomic mass is 9.84. The second kappa shape index (κ2) is 6.06. The second-order valence-corrected chi connectivity index (χ2v) is 6.23. The fourth-order valence-electron chi connectivity index (χ4n) is 3.38. The van der Waals surface area contributed by atoms with Gasteiger partial charge in [-0.1, -0.05) is 37.5 Å². The van der Waals surface area contributed by atoms with E-state index in [4.69, 9.17) is 4.74 Å². The molecule has 4 nitrogen and oxygen atoms in total. The van der Waals surface area contributed by atoms with E-state index in [1.807, 2.05) is 24.3 Å². The Bertz CT molecular complexity index is 509. The van der Waals surface area contributed by atoms with Gasteiger partial charge in [-0.25, -0.2) is 0 Å². The van der Waals surface area contributed by atoms with Gasteiger partial charge in [-0.05, 0) is 25.3 Å². The van der Waals surface area contributed by atoms with E-state index in [-0.39, 0.29) is 11.8 Å². The fraction of sp³-hybridized carbons (Fsp3) is 0.588. The number of rotatable bonds is 3. The van der Waals surface area contributed by atoms with Crippen molar-refractivity contribution in [3.05, 3.63) is 29.8 Å². The van der Waals surface area contributed by atoms with E-state index in [1.165, 1.54) is 6.42 Å². The Morgan fingerprint density at radius 3 is 2.86 bits per heavy atom. The second-order valence-electron chi connectivity index (χ2n) is 6.23. The molecular formula is C17H23NO3. The van der Waals surface area contributed by atoms with Gasteiger partial charge in [-0.15, -0.1) is 0 Å². The number of para-hydroxylation sites is 1. The van der Waals surface area contributed by atoms with Gasteiger partial charge in [0.25, 0.3) is 0 Å². The van der Waals surface area contributed by atoms with Crippen LogP contribution in [0.3, 0.4) is 0 Å². The van der Waals surface area contributed by atoms with Crippen LogP contribution in [0.1, 0.15) is 50.0 Å². The van der Waals surface area contributed by atoms with Crippen LogP contribution in [-0.2, 0) is 4.79 Å². The Morgan fingerprint density at radius 1 is 1.29 bits per heavy atom. The lowest BCUT2D eigenvalue weighted by Gasteiger charge is -2.33. The first-order chi connectivity index (χ1) is 10.2. The molecule has 1 saturated carbocycles. The van der Waals surface area contributed by atoms with Crippen LogP contribution < -0.4 is 10.1 Å². The van der Waals surface area contributed by atoms with Crippen LogP contribution in [0.25, 0.3) is 0 Å². The van der Waals surface area contributed by atoms with Crippen molar-refractivity contribution in [2.45, 2.75) is 50.0 Å². The normalized spacial score (nSPS) is 23.8. The molecule has 4 heteroatoms. The zero-order valence-electron chi connectivity index (χ0n) is 12.3. The van der Waals surface area contributed by atoms with E-state index in [0.29, 0.717) is 19.6 Å². The summed E-state index contributed by atoms with van der Waals surface area (Å²) in [6.07, 6.45) is 5.55. The van der Waals surface area contributed by atoms with Crippen LogP contribution in [0, 0.1) is 0 Å². The van der Waals surface area contributed by atoms with Gasteiger partial charge in [0.15, 0.2) is 0 Å². The van der Waals surface area contributed by atoms with Crippen LogP contribution in [0.15, 0.2) is 24.3 Å². The first-order valence-electron chi connectivity index (χ1n) is 7.90. The molecule has 0 spiro atoms. The van der Waals surface area contributed by atoms with Crippen molar-refractivity contribution in [1.82, 2.24) is 5.32 Å². The molecule has 3 rings (SSSR count). The number of amides is 1. The molecule has 2 aliphatic rings. The fourth-order valence-corrected chi connectivity index (χ4v) is 3.38. The number of ether oxygens (including phenoxy) is 1. The summed E-state index contributed by atoms with van der Waals surface area (Å²) in [5, 5.41) is 13.4. The summed E-state index contributed by atoms with van der Waals surface area (Å²) in [6, 6.07) is 7.71. The maximum Gasteiger partial charge on any atom is 0.227 e. The largest absolute Gasteiger partial charge is 0.493 e. The lowest BCUT2D eigenvalue weighted by Crippen LogP contribution is -2.45. The zero-order valence-corrected chi connectivity index (χ0v) is 12.3. The number of hydrogen-bond acceptors (Lipinski definition) is 3. The SMILES string of the molecule is O=C(NCC1(O)CCCCC1)C1CCOc2ccccc21. The molecule has 1 aliphatic heterocycles. The Labute approximate surface area is 125 Å². The van der Waals surface area contributed by atoms with E-state index in [0.717, 1.165) is 37.0 Å². The summed E-state index contributed by atoms with van der Waals surface area (Å²) in [4.78, 5) is 12.5. The first-order valence-corrected chi connectivity index (χ1v) is 7.90. The Balaban J connectivity index is 1.64. The molecule has 1 amide bonds. The van der Waals surface area contributed by atoms with E-state index >= 15 is 0 Å². The van der Waals surface area contributed by atoms with Gasteiger partial charge < -0.3 is 15.2 Å². The van der Waals surface area contributed by atoms with Crippen molar-refractivity contribution in [3.63, 3.8) is 0 Å². The first kappa shape index (κ1) is 14.4. The minimum Gasteiger partial charge on any atom is -0.493 e. The summed E-state index contributed by atoms with van der Waals surface area (Å²) in [5.41, 5.74) is 0.246. The molecule has 1 heterocycles. The molecule has 114 valence electrons. The molecule has 0 saturated heterocycles. The summed E-state index contributed by atoms with van der Waals surface area (Å²) >= 11 is 0. The topological polar surface area (TPSA) is 58.6 Å². The molecule has 1 fully saturated rings. The van der Waals surface area contributed by atoms with E-state index < -0.39 is 5.60 Å². The Morgan fingerprint density at radius 2 is 2.05 bits per heavy atom. The predicted octanol–water partition coefficient (Wildman–Crippen LogP) is 2.36. The third-order valence-electron chi connectivity index (χ3n) is 4.65. The van der Waals surface area contributed by atoms with Gasteiger partial charge >= 0.3 is 0 Å². The van der Waals surface area contributed by atoms with Crippen molar-refractivity contribution in [3.8, 4) is 5.75 Å². The highest BCUT2D eigenvalue weighted by molar-refractivity contribution is 5.84. The molecule has 1 aromatic carbocycles. The number of carbonyl (C=O) groups excluding carboxylic acids is 1. The number of aliphatic hydroxyl groups is 1. The number of benzene rings is 1. The number of hydrogen-bond donors (Lipinski definition) is 2. The summed E-state index contributed by atoms with van der Waals surface area (Å²) in [5.74, 6) is 0.646. The van der Waals surface area contributed by atoms with Crippen LogP contribution in [0.4, 0.5) is 0 Å². The standard InChI is InChI=1S/C17H23NO3/c19-16(18-12-17(20)9-4-1-5-10-17)14-8-11-21-15-7-3-2-6-13(14)15/h2-3,6-7,14,20H,1,4-5,8-12H2,(H,18,19). The van der Waals surface area contributed by atoms with Gasteiger partial charge in [0, 0.05) is 12.1 Å². The van der Waals surface area contributed by atoms with Crippen molar-refractivity contribution < 1.29 is 14.6 Å². The molecule has 1 atom stereocenters. The van der Waals surface area contributed by atoms with E-state index in [9.17, 15) is 9.90 Å². The third kappa shape index (κ3) is 3.21. The van der Waals surface area contributed by atoms with Crippen molar-refractivity contribution in [1.29, 1.82) is 0 Å². The Kier molecular flexibility index (Phi) is 4.15. The molecule has 0 aromatic heterocycles. The third-order valence-corrected chi connectivity index (χ3v) is 4.65. The molecule has 21 heavy (non-hydrogen) atoms. The minimum absolute atomic E-state index is 0.00440. The van der Waals surface area contributed by atoms with Gasteiger partial charge in [-0.3, -0.25) is 4.79 Å². The van der Waals surface area contributed by atoms with Crippen LogP contribution in [-0.4, -0.2) is 29.8 Å². The highest BCUT2D eigenvalue weighted by Gasteiger charge is 2.32. The van der Waals surface area contributed by atoms with Crippen LogP contribution >= 0.6 is 0 Å². The predicted molar refractivity (Wildman–Crippen MR) is 80.3 cm³/mol. The molecule has 1 aliphatic carbocycles. The van der Waals surface area contributed by atoms with Crippen LogP contribution in [0.2, 0.25) is 0 Å². The number of carbonyl (C=O) groups is 1. The average molecular weight is 289 g/mol. The van der Waals surface area contributed by atoms with Crippen molar-refractivity contribution in [2.75, 3.05) is 13.2 Å². The lowest BCUT2D eigenvalue weighted by molar-refractivity contribution is -0.124. The maximum absolute atomic E-state index is 12.5. The van der Waals surface area contributed by atoms with Crippen LogP contribution in [0.5, 0.6) is 5.75 Å². The van der Waals surface area contributed by atoms with Crippen molar-refractivity contribution >= 4 is 5.91 Å². The molecule has 0 radical (unpaired) electrons. The smallest absolute Gasteiger partial charge is 0.227 e. The van der Waals surface area contributed by atoms with E-state index in [1.54, 1.807) is 0 Å². The highest BCUT2D eigenvalue weighted by Crippen LogP contribution is 2.34. The zero-order chi connectivity index (χ0) is 14.7. The van der Waals surface area contributed by atoms with Gasteiger partial charge in [0.05, 0.1) is 18.1 Å². The maximum atomic E-state index is 12.5. The van der Waals surface area contributed by atoms with Gasteiger partial charge in [0.2, 0.25) is 5.91 Å². The average Bonchev–Trinajstić information content (AvgIpc) is 2.53. The van der Waals surface area contributed by atoms with Gasteiger partial charge in [-0.2, -0.15) is 0 Å². The molecule has 1 unspecified atom stereocenters. The van der Waals surface area contributed by atoms with Crippen molar-refractivity contribution in [2.24, 2.45) is 0 Å². The number of nitrogens with one attached hydrogen (secondary N) is 1. The highest BCUT2D eigenvalue weighted by atomic mass is 16.5. The summed E-state index contributed by atoms with van der Waals surface area (Å²) in [6.45, 7) is 0.935. The summed E-state index contributed by atoms with van der Waals surface area (Å²) < 4.78 is 5.59.